The second kappa shape index (κ2) is 4.42. The number of rotatable bonds is 2. The highest BCUT2D eigenvalue weighted by molar-refractivity contribution is 4.87. The normalized spacial score (nSPS) is 24.8. The van der Waals surface area contributed by atoms with Gasteiger partial charge in [-0.2, -0.15) is 0 Å². The van der Waals surface area contributed by atoms with Crippen molar-refractivity contribution in [2.24, 2.45) is 5.92 Å². The molecule has 0 saturated heterocycles. The average Bonchev–Trinajstić information content (AvgIpc) is 2.14. The molecule has 0 aromatic heterocycles. The Balaban J connectivity index is 2.26. The third-order valence-electron chi connectivity index (χ3n) is 2.13. The zero-order chi connectivity index (χ0) is 8.10. The highest BCUT2D eigenvalue weighted by Gasteiger charge is 2.09. The first-order chi connectivity index (χ1) is 5.29. The van der Waals surface area contributed by atoms with Crippen molar-refractivity contribution in [1.82, 2.24) is 5.32 Å². The highest BCUT2D eigenvalue weighted by atomic mass is 14.9. The molecule has 1 aliphatic rings. The molecule has 1 N–H and O–H groups in total. The molecule has 0 bridgehead atoms. The molecule has 0 aromatic rings. The highest BCUT2D eigenvalue weighted by Crippen LogP contribution is 2.13. The molecule has 0 aliphatic carbocycles. The summed E-state index contributed by atoms with van der Waals surface area (Å²) in [4.78, 5) is 0. The molecule has 1 heteroatoms. The van der Waals surface area contributed by atoms with Gasteiger partial charge in [0.2, 0.25) is 0 Å². The quantitative estimate of drug-likeness (QED) is 0.643. The van der Waals surface area contributed by atoms with E-state index in [1.54, 1.807) is 0 Å². The minimum Gasteiger partial charge on any atom is -0.388 e. The number of hydrogen-bond donors (Lipinski definition) is 1. The molecule has 0 saturated carbocycles. The summed E-state index contributed by atoms with van der Waals surface area (Å²) >= 11 is 0. The first-order valence-corrected chi connectivity index (χ1v) is 4.70. The van der Waals surface area contributed by atoms with Crippen molar-refractivity contribution in [2.75, 3.05) is 0 Å². The van der Waals surface area contributed by atoms with E-state index in [0.29, 0.717) is 0 Å². The molecular weight excluding hydrogens is 134 g/mol. The van der Waals surface area contributed by atoms with E-state index in [1.807, 2.05) is 0 Å². The molecule has 1 unspecified atom stereocenters. The zero-order valence-electron chi connectivity index (χ0n) is 7.64. The van der Waals surface area contributed by atoms with Crippen LogP contribution in [-0.4, -0.2) is 6.04 Å². The van der Waals surface area contributed by atoms with Gasteiger partial charge >= 0.3 is 0 Å². The van der Waals surface area contributed by atoms with Gasteiger partial charge in [-0.1, -0.05) is 19.9 Å². The molecule has 64 valence electrons. The maximum absolute atomic E-state index is 3.43. The van der Waals surface area contributed by atoms with Crippen LogP contribution in [0.1, 0.15) is 39.5 Å². The summed E-state index contributed by atoms with van der Waals surface area (Å²) in [7, 11) is 0. The van der Waals surface area contributed by atoms with Crippen LogP contribution in [0.3, 0.4) is 0 Å². The molecule has 1 rings (SSSR count). The van der Waals surface area contributed by atoms with Gasteiger partial charge in [-0.15, -0.1) is 0 Å². The molecule has 0 radical (unpaired) electrons. The van der Waals surface area contributed by atoms with Gasteiger partial charge in [0.05, 0.1) is 0 Å². The van der Waals surface area contributed by atoms with E-state index in [2.05, 4.69) is 31.4 Å². The molecule has 1 nitrogen and oxygen atoms in total. The van der Waals surface area contributed by atoms with E-state index in [9.17, 15) is 0 Å². The summed E-state index contributed by atoms with van der Waals surface area (Å²) in [6, 6.07) is 0.730. The molecule has 0 aromatic carbocycles. The van der Waals surface area contributed by atoms with Crippen LogP contribution in [0.4, 0.5) is 0 Å². The summed E-state index contributed by atoms with van der Waals surface area (Å²) in [6.45, 7) is 4.58. The van der Waals surface area contributed by atoms with Gasteiger partial charge in [0.1, 0.15) is 0 Å². The summed E-state index contributed by atoms with van der Waals surface area (Å²) in [6.07, 6.45) is 9.61. The van der Waals surface area contributed by atoms with Crippen LogP contribution >= 0.6 is 0 Å². The molecule has 1 atom stereocenters. The SMILES string of the molecule is CC(C)CC1CCCC=CN1. The van der Waals surface area contributed by atoms with Crippen molar-refractivity contribution in [3.05, 3.63) is 12.3 Å². The summed E-state index contributed by atoms with van der Waals surface area (Å²) in [5.74, 6) is 0.819. The van der Waals surface area contributed by atoms with E-state index in [1.165, 1.54) is 25.7 Å². The van der Waals surface area contributed by atoms with Crippen LogP contribution in [0.5, 0.6) is 0 Å². The minimum atomic E-state index is 0.730. The third-order valence-corrected chi connectivity index (χ3v) is 2.13. The molecule has 1 heterocycles. The van der Waals surface area contributed by atoms with Crippen molar-refractivity contribution in [2.45, 2.75) is 45.6 Å². The Morgan fingerprint density at radius 1 is 1.55 bits per heavy atom. The van der Waals surface area contributed by atoms with Gasteiger partial charge in [-0.25, -0.2) is 0 Å². The summed E-state index contributed by atoms with van der Waals surface area (Å²) < 4.78 is 0. The Kier molecular flexibility index (Phi) is 3.47. The van der Waals surface area contributed by atoms with E-state index < -0.39 is 0 Å². The van der Waals surface area contributed by atoms with Crippen LogP contribution < -0.4 is 5.32 Å². The maximum Gasteiger partial charge on any atom is 0.0258 e. The van der Waals surface area contributed by atoms with Crippen molar-refractivity contribution in [3.63, 3.8) is 0 Å². The lowest BCUT2D eigenvalue weighted by Gasteiger charge is -2.17. The smallest absolute Gasteiger partial charge is 0.0258 e. The lowest BCUT2D eigenvalue weighted by Crippen LogP contribution is -2.24. The largest absolute Gasteiger partial charge is 0.388 e. The Labute approximate surface area is 69.9 Å². The van der Waals surface area contributed by atoms with Crippen LogP contribution in [0.2, 0.25) is 0 Å². The standard InChI is InChI=1S/C10H19N/c1-9(2)8-10-6-4-3-5-7-11-10/h5,7,9-11H,3-4,6,8H2,1-2H3. The van der Waals surface area contributed by atoms with E-state index in [-0.39, 0.29) is 0 Å². The number of nitrogens with one attached hydrogen (secondary N) is 1. The Morgan fingerprint density at radius 3 is 3.09 bits per heavy atom. The fraction of sp³-hybridized carbons (Fsp3) is 0.800. The molecule has 0 amide bonds. The van der Waals surface area contributed by atoms with Gasteiger partial charge in [0, 0.05) is 6.04 Å². The number of allylic oxidation sites excluding steroid dienone is 1. The fourth-order valence-corrected chi connectivity index (χ4v) is 1.61. The van der Waals surface area contributed by atoms with Gasteiger partial charge in [0.25, 0.3) is 0 Å². The summed E-state index contributed by atoms with van der Waals surface area (Å²) in [5, 5.41) is 3.43. The lowest BCUT2D eigenvalue weighted by molar-refractivity contribution is 0.432. The topological polar surface area (TPSA) is 12.0 Å². The van der Waals surface area contributed by atoms with Crippen LogP contribution in [-0.2, 0) is 0 Å². The molecule has 0 fully saturated rings. The van der Waals surface area contributed by atoms with Crippen molar-refractivity contribution in [3.8, 4) is 0 Å². The Hall–Kier alpha value is -0.460. The fourth-order valence-electron chi connectivity index (χ4n) is 1.61. The molecule has 11 heavy (non-hydrogen) atoms. The van der Waals surface area contributed by atoms with Crippen LogP contribution in [0.15, 0.2) is 12.3 Å². The summed E-state index contributed by atoms with van der Waals surface area (Å²) in [5.41, 5.74) is 0. The minimum absolute atomic E-state index is 0.730. The van der Waals surface area contributed by atoms with Crippen LogP contribution in [0.25, 0.3) is 0 Å². The predicted molar refractivity (Wildman–Crippen MR) is 49.4 cm³/mol. The Morgan fingerprint density at radius 2 is 2.36 bits per heavy atom. The Bertz CT molecular complexity index is 127. The molecule has 1 aliphatic heterocycles. The first kappa shape index (κ1) is 8.63. The first-order valence-electron chi connectivity index (χ1n) is 4.70. The van der Waals surface area contributed by atoms with Crippen molar-refractivity contribution >= 4 is 0 Å². The number of hydrogen-bond acceptors (Lipinski definition) is 1. The van der Waals surface area contributed by atoms with E-state index in [0.717, 1.165) is 12.0 Å². The third kappa shape index (κ3) is 3.45. The molecular formula is C10H19N. The lowest BCUT2D eigenvalue weighted by atomic mass is 10.00. The monoisotopic (exact) mass is 153 g/mol. The average molecular weight is 153 g/mol. The van der Waals surface area contributed by atoms with E-state index >= 15 is 0 Å². The zero-order valence-corrected chi connectivity index (χ0v) is 7.64. The second-order valence-electron chi connectivity index (χ2n) is 3.83. The van der Waals surface area contributed by atoms with Gasteiger partial charge < -0.3 is 5.32 Å². The van der Waals surface area contributed by atoms with Gasteiger partial charge in [-0.05, 0) is 37.8 Å². The van der Waals surface area contributed by atoms with Crippen LogP contribution in [0, 0.1) is 5.92 Å². The van der Waals surface area contributed by atoms with Gasteiger partial charge in [0.15, 0.2) is 0 Å². The maximum atomic E-state index is 3.43. The van der Waals surface area contributed by atoms with Crippen molar-refractivity contribution in [1.29, 1.82) is 0 Å². The predicted octanol–water partition coefficient (Wildman–Crippen LogP) is 2.69. The van der Waals surface area contributed by atoms with Crippen molar-refractivity contribution < 1.29 is 0 Å². The molecule has 0 spiro atoms. The van der Waals surface area contributed by atoms with E-state index in [4.69, 9.17) is 0 Å². The second-order valence-corrected chi connectivity index (χ2v) is 3.83. The van der Waals surface area contributed by atoms with Gasteiger partial charge in [-0.3, -0.25) is 0 Å².